The molecule has 0 radical (unpaired) electrons. The van der Waals surface area contributed by atoms with Gasteiger partial charge in [0, 0.05) is 11.3 Å². The first-order chi connectivity index (χ1) is 12.2. The summed E-state index contributed by atoms with van der Waals surface area (Å²) in [5.74, 6) is 0.806. The minimum atomic E-state index is -0.751. The number of oxime groups is 1. The highest BCUT2D eigenvalue weighted by atomic mass is 16.7. The van der Waals surface area contributed by atoms with Crippen molar-refractivity contribution in [3.05, 3.63) is 102 Å². The molecule has 0 saturated heterocycles. The predicted molar refractivity (Wildman–Crippen MR) is 103 cm³/mol. The van der Waals surface area contributed by atoms with Crippen molar-refractivity contribution in [2.24, 2.45) is 5.16 Å². The Balaban J connectivity index is 1.84. The number of hydrogen-bond acceptors (Lipinski definition) is 3. The molecule has 0 unspecified atom stereocenters. The van der Waals surface area contributed by atoms with E-state index < -0.39 is 5.72 Å². The molecule has 2 aliphatic rings. The molecule has 1 aliphatic heterocycles. The third-order valence-electron chi connectivity index (χ3n) is 4.44. The average Bonchev–Trinajstić information content (AvgIpc) is 2.82. The summed E-state index contributed by atoms with van der Waals surface area (Å²) in [5.41, 5.74) is 3.76. The fraction of sp³-hybridized carbons (Fsp3) is 0.136. The van der Waals surface area contributed by atoms with Gasteiger partial charge in [0.15, 0.2) is 5.84 Å². The van der Waals surface area contributed by atoms with Crippen LogP contribution in [0.2, 0.25) is 0 Å². The fourth-order valence-electron chi connectivity index (χ4n) is 3.05. The summed E-state index contributed by atoms with van der Waals surface area (Å²) in [7, 11) is 0. The first kappa shape index (κ1) is 15.5. The molecule has 3 nitrogen and oxygen atoms in total. The molecule has 0 N–H and O–H groups in total. The molecule has 0 fully saturated rings. The van der Waals surface area contributed by atoms with Crippen LogP contribution in [0.4, 0.5) is 5.69 Å². The van der Waals surface area contributed by atoms with Crippen LogP contribution in [-0.2, 0) is 4.84 Å². The third-order valence-corrected chi connectivity index (χ3v) is 4.44. The van der Waals surface area contributed by atoms with E-state index in [0.717, 1.165) is 17.1 Å². The van der Waals surface area contributed by atoms with Gasteiger partial charge in [-0.1, -0.05) is 77.0 Å². The Morgan fingerprint density at radius 1 is 0.760 bits per heavy atom. The van der Waals surface area contributed by atoms with Crippen molar-refractivity contribution in [2.75, 3.05) is 4.90 Å². The van der Waals surface area contributed by atoms with Crippen LogP contribution in [0, 0.1) is 13.8 Å². The highest BCUT2D eigenvalue weighted by Gasteiger charge is 2.43. The number of benzene rings is 2. The maximum atomic E-state index is 5.96. The van der Waals surface area contributed by atoms with E-state index >= 15 is 0 Å². The van der Waals surface area contributed by atoms with Crippen LogP contribution in [0.15, 0.2) is 90.1 Å². The molecule has 1 spiro atoms. The molecule has 1 aliphatic carbocycles. The molecule has 2 aromatic rings. The van der Waals surface area contributed by atoms with E-state index in [0.29, 0.717) is 0 Å². The Bertz CT molecular complexity index is 871. The highest BCUT2D eigenvalue weighted by Crippen LogP contribution is 2.36. The topological polar surface area (TPSA) is 24.8 Å². The van der Waals surface area contributed by atoms with Crippen LogP contribution in [0.1, 0.15) is 16.7 Å². The Morgan fingerprint density at radius 2 is 1.32 bits per heavy atom. The van der Waals surface area contributed by atoms with Crippen LogP contribution in [0.5, 0.6) is 0 Å². The molecule has 0 amide bonds. The summed E-state index contributed by atoms with van der Waals surface area (Å²) in [6.45, 7) is 4.17. The molecule has 25 heavy (non-hydrogen) atoms. The van der Waals surface area contributed by atoms with E-state index in [1.54, 1.807) is 0 Å². The van der Waals surface area contributed by atoms with Gasteiger partial charge in [-0.3, -0.25) is 4.90 Å². The van der Waals surface area contributed by atoms with Gasteiger partial charge in [0.05, 0.1) is 0 Å². The van der Waals surface area contributed by atoms with Crippen LogP contribution < -0.4 is 4.90 Å². The smallest absolute Gasteiger partial charge is 0.254 e. The van der Waals surface area contributed by atoms with E-state index in [4.69, 9.17) is 4.84 Å². The predicted octanol–water partition coefficient (Wildman–Crippen LogP) is 4.88. The second-order valence-corrected chi connectivity index (χ2v) is 6.40. The van der Waals surface area contributed by atoms with E-state index in [9.17, 15) is 0 Å². The van der Waals surface area contributed by atoms with E-state index in [2.05, 4.69) is 72.4 Å². The zero-order valence-electron chi connectivity index (χ0n) is 14.4. The van der Waals surface area contributed by atoms with Gasteiger partial charge in [-0.25, -0.2) is 0 Å². The Labute approximate surface area is 148 Å². The summed E-state index contributed by atoms with van der Waals surface area (Å²) in [6.07, 6.45) is 12.0. The normalized spacial score (nSPS) is 17.5. The molecule has 3 heteroatoms. The molecule has 1 heterocycles. The number of hydrogen-bond donors (Lipinski definition) is 0. The zero-order valence-corrected chi connectivity index (χ0v) is 14.4. The Hall–Kier alpha value is -3.07. The molecule has 0 saturated carbocycles. The number of anilines is 1. The third kappa shape index (κ3) is 2.78. The van der Waals surface area contributed by atoms with Gasteiger partial charge in [-0.05, 0) is 38.1 Å². The summed E-state index contributed by atoms with van der Waals surface area (Å²) in [6, 6.07) is 16.8. The van der Waals surface area contributed by atoms with E-state index in [1.807, 2.05) is 36.5 Å². The molecule has 0 aromatic heterocycles. The van der Waals surface area contributed by atoms with Crippen molar-refractivity contribution < 1.29 is 4.84 Å². The van der Waals surface area contributed by atoms with E-state index in [1.165, 1.54) is 11.1 Å². The van der Waals surface area contributed by atoms with Gasteiger partial charge in [0.2, 0.25) is 0 Å². The number of amidine groups is 1. The van der Waals surface area contributed by atoms with Crippen molar-refractivity contribution in [2.45, 2.75) is 19.6 Å². The first-order valence-electron chi connectivity index (χ1n) is 8.42. The standard InChI is InChI=1S/C22H20N2O/c1-17-7-11-19(12-8-17)21-23-25-22(15-5-3-4-6-16-22)24(21)20-13-9-18(2)10-14-20/h3-16H,1-2H3. The number of nitrogens with zero attached hydrogens (tertiary/aromatic N) is 2. The highest BCUT2D eigenvalue weighted by molar-refractivity contribution is 6.12. The average molecular weight is 328 g/mol. The number of rotatable bonds is 2. The molecule has 0 atom stereocenters. The molecule has 124 valence electrons. The van der Waals surface area contributed by atoms with Gasteiger partial charge in [0.25, 0.3) is 5.72 Å². The van der Waals surface area contributed by atoms with Gasteiger partial charge in [-0.15, -0.1) is 0 Å². The molecule has 0 bridgehead atoms. The maximum absolute atomic E-state index is 5.96. The maximum Gasteiger partial charge on any atom is 0.254 e. The van der Waals surface area contributed by atoms with Crippen LogP contribution >= 0.6 is 0 Å². The lowest BCUT2D eigenvalue weighted by molar-refractivity contribution is 0.0608. The molecule has 2 aromatic carbocycles. The van der Waals surface area contributed by atoms with Gasteiger partial charge < -0.3 is 4.84 Å². The summed E-state index contributed by atoms with van der Waals surface area (Å²) in [4.78, 5) is 8.09. The first-order valence-corrected chi connectivity index (χ1v) is 8.42. The lowest BCUT2D eigenvalue weighted by Crippen LogP contribution is -2.46. The summed E-state index contributed by atoms with van der Waals surface area (Å²) in [5, 5.41) is 4.45. The lowest BCUT2D eigenvalue weighted by Gasteiger charge is -2.32. The van der Waals surface area contributed by atoms with Crippen molar-refractivity contribution >= 4 is 11.5 Å². The van der Waals surface area contributed by atoms with Crippen LogP contribution in [0.3, 0.4) is 0 Å². The van der Waals surface area contributed by atoms with Gasteiger partial charge in [-0.2, -0.15) is 0 Å². The van der Waals surface area contributed by atoms with Crippen molar-refractivity contribution in [1.82, 2.24) is 0 Å². The Morgan fingerprint density at radius 3 is 1.92 bits per heavy atom. The monoisotopic (exact) mass is 328 g/mol. The molecular formula is C22H20N2O. The second kappa shape index (κ2) is 6.10. The van der Waals surface area contributed by atoms with Crippen molar-refractivity contribution in [1.29, 1.82) is 0 Å². The minimum Gasteiger partial charge on any atom is -0.356 e. The van der Waals surface area contributed by atoms with Crippen molar-refractivity contribution in [3.8, 4) is 0 Å². The van der Waals surface area contributed by atoms with Gasteiger partial charge in [0.1, 0.15) is 0 Å². The van der Waals surface area contributed by atoms with E-state index in [-0.39, 0.29) is 0 Å². The van der Waals surface area contributed by atoms with Gasteiger partial charge >= 0.3 is 0 Å². The summed E-state index contributed by atoms with van der Waals surface area (Å²) >= 11 is 0. The second-order valence-electron chi connectivity index (χ2n) is 6.40. The van der Waals surface area contributed by atoms with Crippen LogP contribution in [-0.4, -0.2) is 11.6 Å². The van der Waals surface area contributed by atoms with Crippen molar-refractivity contribution in [3.63, 3.8) is 0 Å². The molecular weight excluding hydrogens is 308 g/mol. The SMILES string of the molecule is Cc1ccc(C2=NOC3(C=CC=CC=C3)N2c2ccc(C)cc2)cc1. The minimum absolute atomic E-state index is 0.751. The zero-order chi connectivity index (χ0) is 17.3. The largest absolute Gasteiger partial charge is 0.356 e. The Kier molecular flexibility index (Phi) is 3.77. The number of aryl methyl sites for hydroxylation is 2. The summed E-state index contributed by atoms with van der Waals surface area (Å²) < 4.78 is 0. The van der Waals surface area contributed by atoms with Crippen LogP contribution in [0.25, 0.3) is 0 Å². The fourth-order valence-corrected chi connectivity index (χ4v) is 3.05. The number of allylic oxidation sites excluding steroid dienone is 4. The molecule has 4 rings (SSSR count). The lowest BCUT2D eigenvalue weighted by atomic mass is 10.1. The quantitative estimate of drug-likeness (QED) is 0.785.